The molecule has 152 valence electrons. The second-order valence-electron chi connectivity index (χ2n) is 8.08. The summed E-state index contributed by atoms with van der Waals surface area (Å²) in [6.45, 7) is 3.88. The highest BCUT2D eigenvalue weighted by atomic mass is 16.5. The minimum Gasteiger partial charge on any atom is -0.497 e. The van der Waals surface area contributed by atoms with Crippen LogP contribution in [0.15, 0.2) is 24.4 Å². The standard InChI is InChI=1S/C22H31N3O3/c1-23-15-20(19-14-18(27-2)4-5-21(19)23)16-6-10-24(11-7-16)17-8-12-25(13-9-17)22(26)28-3/h4-5,14-17H,6-13H2,1-3H3. The Morgan fingerprint density at radius 1 is 1.04 bits per heavy atom. The second kappa shape index (κ2) is 8.03. The van der Waals surface area contributed by atoms with Gasteiger partial charge >= 0.3 is 6.09 Å². The van der Waals surface area contributed by atoms with Gasteiger partial charge in [-0.15, -0.1) is 0 Å². The van der Waals surface area contributed by atoms with Crippen LogP contribution in [0.3, 0.4) is 0 Å². The van der Waals surface area contributed by atoms with Crippen molar-refractivity contribution in [3.8, 4) is 5.75 Å². The van der Waals surface area contributed by atoms with Gasteiger partial charge in [0.2, 0.25) is 0 Å². The molecule has 1 aromatic carbocycles. The van der Waals surface area contributed by atoms with Crippen LogP contribution in [0.2, 0.25) is 0 Å². The number of hydrogen-bond acceptors (Lipinski definition) is 4. The lowest BCUT2D eigenvalue weighted by Crippen LogP contribution is -2.48. The van der Waals surface area contributed by atoms with Gasteiger partial charge in [0.05, 0.1) is 14.2 Å². The van der Waals surface area contributed by atoms with Gasteiger partial charge in [0.15, 0.2) is 0 Å². The van der Waals surface area contributed by atoms with Crippen molar-refractivity contribution in [2.75, 3.05) is 40.4 Å². The summed E-state index contributed by atoms with van der Waals surface area (Å²) in [6.07, 6.45) is 6.58. The van der Waals surface area contributed by atoms with E-state index in [1.54, 1.807) is 7.11 Å². The van der Waals surface area contributed by atoms with Crippen LogP contribution in [0.1, 0.15) is 37.2 Å². The van der Waals surface area contributed by atoms with E-state index in [1.807, 2.05) is 11.0 Å². The lowest BCUT2D eigenvalue weighted by atomic mass is 9.87. The number of nitrogens with zero attached hydrogens (tertiary/aromatic N) is 3. The first-order valence-corrected chi connectivity index (χ1v) is 10.3. The van der Waals surface area contributed by atoms with Crippen LogP contribution in [0.5, 0.6) is 5.75 Å². The number of ether oxygens (including phenoxy) is 2. The summed E-state index contributed by atoms with van der Waals surface area (Å²) < 4.78 is 12.5. The molecule has 2 aromatic rings. The molecule has 2 aliphatic rings. The highest BCUT2D eigenvalue weighted by molar-refractivity contribution is 5.86. The SMILES string of the molecule is COC(=O)N1CCC(N2CCC(c3cn(C)c4ccc(OC)cc34)CC2)CC1. The van der Waals surface area contributed by atoms with Gasteiger partial charge in [-0.3, -0.25) is 0 Å². The van der Waals surface area contributed by atoms with Crippen molar-refractivity contribution in [1.82, 2.24) is 14.4 Å². The molecule has 2 aliphatic heterocycles. The number of fused-ring (bicyclic) bond motifs is 1. The van der Waals surface area contributed by atoms with Crippen LogP contribution < -0.4 is 4.74 Å². The van der Waals surface area contributed by atoms with Crippen LogP contribution in [0.4, 0.5) is 4.79 Å². The van der Waals surface area contributed by atoms with Crippen molar-refractivity contribution < 1.29 is 14.3 Å². The van der Waals surface area contributed by atoms with E-state index in [2.05, 4.69) is 34.8 Å². The molecule has 4 rings (SSSR count). The van der Waals surface area contributed by atoms with Crippen LogP contribution in [0.25, 0.3) is 10.9 Å². The second-order valence-corrected chi connectivity index (χ2v) is 8.08. The number of likely N-dealkylation sites (tertiary alicyclic amines) is 2. The zero-order valence-electron chi connectivity index (χ0n) is 17.2. The Labute approximate surface area is 167 Å². The van der Waals surface area contributed by atoms with Gasteiger partial charge in [0.25, 0.3) is 0 Å². The lowest BCUT2D eigenvalue weighted by Gasteiger charge is -2.41. The summed E-state index contributed by atoms with van der Waals surface area (Å²) in [5.74, 6) is 1.52. The number of rotatable bonds is 3. The van der Waals surface area contributed by atoms with E-state index >= 15 is 0 Å². The molecular weight excluding hydrogens is 354 g/mol. The Balaban J connectivity index is 1.40. The molecule has 2 saturated heterocycles. The van der Waals surface area contributed by atoms with Gasteiger partial charge in [-0.05, 0) is 68.5 Å². The van der Waals surface area contributed by atoms with Crippen molar-refractivity contribution in [1.29, 1.82) is 0 Å². The number of hydrogen-bond donors (Lipinski definition) is 0. The average Bonchev–Trinajstić information content (AvgIpc) is 3.09. The summed E-state index contributed by atoms with van der Waals surface area (Å²) in [7, 11) is 5.32. The first-order chi connectivity index (χ1) is 13.6. The fourth-order valence-electron chi connectivity index (χ4n) is 4.97. The Morgan fingerprint density at radius 2 is 1.75 bits per heavy atom. The zero-order chi connectivity index (χ0) is 19.7. The molecule has 6 nitrogen and oxygen atoms in total. The van der Waals surface area contributed by atoms with E-state index in [-0.39, 0.29) is 6.09 Å². The summed E-state index contributed by atoms with van der Waals surface area (Å²) >= 11 is 0. The molecule has 1 aromatic heterocycles. The lowest BCUT2D eigenvalue weighted by molar-refractivity contribution is 0.0734. The largest absolute Gasteiger partial charge is 0.497 e. The predicted molar refractivity (Wildman–Crippen MR) is 110 cm³/mol. The molecule has 0 radical (unpaired) electrons. The molecule has 1 amide bonds. The molecule has 0 atom stereocenters. The number of carbonyl (C=O) groups excluding carboxylic acids is 1. The van der Waals surface area contributed by atoms with Crippen LogP contribution in [-0.4, -0.2) is 66.9 Å². The predicted octanol–water partition coefficient (Wildman–Crippen LogP) is 3.60. The van der Waals surface area contributed by atoms with Crippen molar-refractivity contribution in [3.63, 3.8) is 0 Å². The van der Waals surface area contributed by atoms with E-state index in [0.717, 1.165) is 44.8 Å². The number of carbonyl (C=O) groups is 1. The third-order valence-electron chi connectivity index (χ3n) is 6.61. The molecule has 0 saturated carbocycles. The number of piperidine rings is 2. The van der Waals surface area contributed by atoms with E-state index in [9.17, 15) is 4.79 Å². The van der Waals surface area contributed by atoms with Crippen LogP contribution >= 0.6 is 0 Å². The smallest absolute Gasteiger partial charge is 0.409 e. The summed E-state index contributed by atoms with van der Waals surface area (Å²) in [6, 6.07) is 6.96. The minimum atomic E-state index is -0.191. The van der Waals surface area contributed by atoms with E-state index in [0.29, 0.717) is 12.0 Å². The number of benzene rings is 1. The Morgan fingerprint density at radius 3 is 2.39 bits per heavy atom. The quantitative estimate of drug-likeness (QED) is 0.810. The fourth-order valence-corrected chi connectivity index (χ4v) is 4.97. The number of aryl methyl sites for hydroxylation is 1. The number of amides is 1. The van der Waals surface area contributed by atoms with Gasteiger partial charge in [-0.1, -0.05) is 0 Å². The minimum absolute atomic E-state index is 0.191. The van der Waals surface area contributed by atoms with Crippen LogP contribution in [0, 0.1) is 0 Å². The maximum absolute atomic E-state index is 11.7. The fraction of sp³-hybridized carbons (Fsp3) is 0.591. The van der Waals surface area contributed by atoms with Gasteiger partial charge in [-0.2, -0.15) is 0 Å². The first-order valence-electron chi connectivity index (χ1n) is 10.3. The highest BCUT2D eigenvalue weighted by Gasteiger charge is 2.31. The molecule has 0 aliphatic carbocycles. The molecule has 3 heterocycles. The van der Waals surface area contributed by atoms with Crippen molar-refractivity contribution >= 4 is 17.0 Å². The van der Waals surface area contributed by atoms with Crippen molar-refractivity contribution in [2.45, 2.75) is 37.6 Å². The van der Waals surface area contributed by atoms with E-state index in [1.165, 1.54) is 36.4 Å². The third kappa shape index (κ3) is 3.58. The highest BCUT2D eigenvalue weighted by Crippen LogP contribution is 2.36. The molecule has 2 fully saturated rings. The molecule has 0 N–H and O–H groups in total. The normalized spacial score (nSPS) is 19.9. The zero-order valence-corrected chi connectivity index (χ0v) is 17.2. The van der Waals surface area contributed by atoms with Gasteiger partial charge in [0, 0.05) is 43.3 Å². The first kappa shape index (κ1) is 19.1. The molecule has 6 heteroatoms. The Bertz CT molecular complexity index is 831. The third-order valence-corrected chi connectivity index (χ3v) is 6.61. The Kier molecular flexibility index (Phi) is 5.49. The number of aromatic nitrogens is 1. The van der Waals surface area contributed by atoms with Gasteiger partial charge in [0.1, 0.15) is 5.75 Å². The maximum Gasteiger partial charge on any atom is 0.409 e. The number of methoxy groups -OCH3 is 2. The Hall–Kier alpha value is -2.21. The summed E-state index contributed by atoms with van der Waals surface area (Å²) in [5, 5.41) is 1.33. The summed E-state index contributed by atoms with van der Waals surface area (Å²) in [5.41, 5.74) is 2.73. The average molecular weight is 386 g/mol. The van der Waals surface area contributed by atoms with Crippen molar-refractivity contribution in [3.05, 3.63) is 30.0 Å². The van der Waals surface area contributed by atoms with Gasteiger partial charge < -0.3 is 23.8 Å². The molecule has 0 bridgehead atoms. The van der Waals surface area contributed by atoms with E-state index < -0.39 is 0 Å². The molecule has 28 heavy (non-hydrogen) atoms. The maximum atomic E-state index is 11.7. The van der Waals surface area contributed by atoms with Crippen LogP contribution in [-0.2, 0) is 11.8 Å². The molecular formula is C22H31N3O3. The topological polar surface area (TPSA) is 46.9 Å². The molecule has 0 spiro atoms. The van der Waals surface area contributed by atoms with E-state index in [4.69, 9.17) is 9.47 Å². The summed E-state index contributed by atoms with van der Waals surface area (Å²) in [4.78, 5) is 16.1. The molecule has 0 unspecified atom stereocenters. The monoisotopic (exact) mass is 385 g/mol. The van der Waals surface area contributed by atoms with Gasteiger partial charge in [-0.25, -0.2) is 4.79 Å². The van der Waals surface area contributed by atoms with Crippen molar-refractivity contribution in [2.24, 2.45) is 7.05 Å².